The molecule has 0 aromatic heterocycles. The molecule has 27 heavy (non-hydrogen) atoms. The Bertz CT molecular complexity index is 994. The van der Waals surface area contributed by atoms with Gasteiger partial charge in [-0.2, -0.15) is 10.5 Å². The van der Waals surface area contributed by atoms with Gasteiger partial charge in [-0.05, 0) is 35.9 Å². The van der Waals surface area contributed by atoms with Crippen LogP contribution in [-0.4, -0.2) is 15.9 Å². The number of nitriles is 2. The van der Waals surface area contributed by atoms with E-state index in [2.05, 4.69) is 5.32 Å². The molecule has 0 unspecified atom stereocenters. The van der Waals surface area contributed by atoms with E-state index < -0.39 is 22.2 Å². The Hall–Kier alpha value is -4.43. The fourth-order valence-electron chi connectivity index (χ4n) is 2.07. The molecule has 2 aromatic carbocycles. The van der Waals surface area contributed by atoms with Crippen LogP contribution in [0.2, 0.25) is 0 Å². The van der Waals surface area contributed by atoms with E-state index >= 15 is 0 Å². The van der Waals surface area contributed by atoms with Crippen molar-refractivity contribution in [3.63, 3.8) is 0 Å². The van der Waals surface area contributed by atoms with Crippen LogP contribution in [0.15, 0.2) is 71.6 Å². The van der Waals surface area contributed by atoms with Crippen LogP contribution in [0, 0.1) is 32.8 Å². The summed E-state index contributed by atoms with van der Waals surface area (Å²) in [7, 11) is 0. The molecule has 0 atom stereocenters. The van der Waals surface area contributed by atoms with E-state index in [1.807, 2.05) is 0 Å². The second-order valence-electron chi connectivity index (χ2n) is 5.17. The van der Waals surface area contributed by atoms with Crippen molar-refractivity contribution in [3.8, 4) is 12.1 Å². The van der Waals surface area contributed by atoms with Gasteiger partial charge in [-0.1, -0.05) is 18.2 Å². The zero-order chi connectivity index (χ0) is 19.8. The summed E-state index contributed by atoms with van der Waals surface area (Å²) in [6.45, 7) is 0. The van der Waals surface area contributed by atoms with E-state index in [1.165, 1.54) is 30.3 Å². The summed E-state index contributed by atoms with van der Waals surface area (Å²) in [6.07, 6.45) is 1.30. The predicted molar refractivity (Wildman–Crippen MR) is 95.9 cm³/mol. The SMILES string of the molecule is N#CC(C#N)=C(O)/C(=C/c1ccc([N+](=O)[O-])cc1)NC(=O)c1ccccc1. The minimum Gasteiger partial charge on any atom is -0.504 e. The number of nitro groups is 1. The Morgan fingerprint density at radius 3 is 2.19 bits per heavy atom. The maximum atomic E-state index is 12.4. The number of aliphatic hydroxyl groups excluding tert-OH is 1. The minimum atomic E-state index is -0.706. The summed E-state index contributed by atoms with van der Waals surface area (Å²) in [4.78, 5) is 22.5. The smallest absolute Gasteiger partial charge is 0.269 e. The first kappa shape index (κ1) is 18.9. The van der Waals surface area contributed by atoms with Crippen LogP contribution in [0.25, 0.3) is 6.08 Å². The molecule has 0 heterocycles. The second-order valence-corrected chi connectivity index (χ2v) is 5.17. The molecule has 0 aliphatic carbocycles. The van der Waals surface area contributed by atoms with Crippen molar-refractivity contribution in [3.05, 3.63) is 92.9 Å². The summed E-state index contributed by atoms with van der Waals surface area (Å²) >= 11 is 0. The van der Waals surface area contributed by atoms with Gasteiger partial charge >= 0.3 is 0 Å². The van der Waals surface area contributed by atoms with Gasteiger partial charge in [0.25, 0.3) is 11.6 Å². The molecule has 2 rings (SSSR count). The molecule has 0 aliphatic rings. The average Bonchev–Trinajstić information content (AvgIpc) is 2.69. The van der Waals surface area contributed by atoms with E-state index in [9.17, 15) is 20.0 Å². The van der Waals surface area contributed by atoms with Crippen LogP contribution in [0.5, 0.6) is 0 Å². The molecule has 132 valence electrons. The number of non-ortho nitro benzene ring substituents is 1. The fraction of sp³-hybridized carbons (Fsp3) is 0. The van der Waals surface area contributed by atoms with Crippen molar-refractivity contribution in [1.82, 2.24) is 5.32 Å². The predicted octanol–water partition coefficient (Wildman–Crippen LogP) is 3.22. The van der Waals surface area contributed by atoms with Crippen LogP contribution in [0.1, 0.15) is 15.9 Å². The molecule has 0 radical (unpaired) electrons. The molecule has 0 saturated heterocycles. The second kappa shape index (κ2) is 8.60. The molecule has 1 amide bonds. The van der Waals surface area contributed by atoms with Gasteiger partial charge in [0, 0.05) is 17.7 Å². The van der Waals surface area contributed by atoms with Gasteiger partial charge in [0.05, 0.1) is 10.6 Å². The van der Waals surface area contributed by atoms with E-state index in [-0.39, 0.29) is 11.4 Å². The lowest BCUT2D eigenvalue weighted by Gasteiger charge is -2.10. The Kier molecular flexibility index (Phi) is 6.02. The highest BCUT2D eigenvalue weighted by Crippen LogP contribution is 2.18. The van der Waals surface area contributed by atoms with Crippen molar-refractivity contribution in [2.45, 2.75) is 0 Å². The monoisotopic (exact) mass is 360 g/mol. The highest BCUT2D eigenvalue weighted by Gasteiger charge is 2.15. The molecule has 0 bridgehead atoms. The number of nitrogens with one attached hydrogen (secondary N) is 1. The minimum absolute atomic E-state index is 0.128. The standard InChI is InChI=1S/C19H12N4O4/c20-11-15(12-21)18(24)17(22-19(25)14-4-2-1-3-5-14)10-13-6-8-16(9-7-13)23(26)27/h1-10,24H,(H,22,25)/b17-10-. The lowest BCUT2D eigenvalue weighted by Crippen LogP contribution is -2.24. The van der Waals surface area contributed by atoms with Gasteiger partial charge in [-0.3, -0.25) is 14.9 Å². The summed E-state index contributed by atoms with van der Waals surface area (Å²) in [6, 6.07) is 16.5. The molecule has 2 N–H and O–H groups in total. The number of aliphatic hydroxyl groups is 1. The first-order valence-corrected chi connectivity index (χ1v) is 7.52. The highest BCUT2D eigenvalue weighted by molar-refractivity contribution is 5.96. The van der Waals surface area contributed by atoms with Crippen molar-refractivity contribution in [2.75, 3.05) is 0 Å². The quantitative estimate of drug-likeness (QED) is 0.276. The van der Waals surface area contributed by atoms with Gasteiger partial charge in [-0.15, -0.1) is 0 Å². The molecule has 8 nitrogen and oxygen atoms in total. The summed E-state index contributed by atoms with van der Waals surface area (Å²) < 4.78 is 0. The summed E-state index contributed by atoms with van der Waals surface area (Å²) in [5.74, 6) is -1.27. The number of hydrogen-bond donors (Lipinski definition) is 2. The molecule has 0 aliphatic heterocycles. The molecule has 0 spiro atoms. The number of nitrogens with zero attached hydrogens (tertiary/aromatic N) is 3. The van der Waals surface area contributed by atoms with Crippen molar-refractivity contribution >= 4 is 17.7 Å². The van der Waals surface area contributed by atoms with Gasteiger partial charge in [-0.25, -0.2) is 0 Å². The van der Waals surface area contributed by atoms with Crippen LogP contribution in [0.4, 0.5) is 5.69 Å². The lowest BCUT2D eigenvalue weighted by molar-refractivity contribution is -0.384. The van der Waals surface area contributed by atoms with Crippen LogP contribution >= 0.6 is 0 Å². The Labute approximate surface area is 154 Å². The van der Waals surface area contributed by atoms with E-state index in [1.54, 1.807) is 42.5 Å². The van der Waals surface area contributed by atoms with E-state index in [0.717, 1.165) is 0 Å². The number of nitro benzene ring substituents is 1. The van der Waals surface area contributed by atoms with Crippen LogP contribution in [-0.2, 0) is 0 Å². The van der Waals surface area contributed by atoms with Gasteiger partial charge in [0.1, 0.15) is 12.1 Å². The number of rotatable bonds is 5. The third kappa shape index (κ3) is 4.78. The maximum Gasteiger partial charge on any atom is 0.269 e. The van der Waals surface area contributed by atoms with Crippen LogP contribution < -0.4 is 5.32 Å². The molecule has 0 saturated carbocycles. The number of allylic oxidation sites excluding steroid dienone is 1. The zero-order valence-electron chi connectivity index (χ0n) is 13.8. The van der Waals surface area contributed by atoms with Crippen molar-refractivity contribution in [2.24, 2.45) is 0 Å². The number of benzene rings is 2. The summed E-state index contributed by atoms with van der Waals surface area (Å²) in [5.41, 5.74) is -0.190. The average molecular weight is 360 g/mol. The Morgan fingerprint density at radius 2 is 1.67 bits per heavy atom. The third-order valence-electron chi connectivity index (χ3n) is 3.41. The topological polar surface area (TPSA) is 140 Å². The number of carbonyl (C=O) groups is 1. The molecule has 2 aromatic rings. The van der Waals surface area contributed by atoms with Crippen LogP contribution in [0.3, 0.4) is 0 Å². The first-order valence-electron chi connectivity index (χ1n) is 7.52. The fourth-order valence-corrected chi connectivity index (χ4v) is 2.07. The molecule has 0 fully saturated rings. The largest absolute Gasteiger partial charge is 0.504 e. The number of carbonyl (C=O) groups excluding carboxylic acids is 1. The Morgan fingerprint density at radius 1 is 1.07 bits per heavy atom. The van der Waals surface area contributed by atoms with E-state index in [4.69, 9.17) is 10.5 Å². The number of hydrogen-bond acceptors (Lipinski definition) is 6. The zero-order valence-corrected chi connectivity index (χ0v) is 13.8. The normalized spacial score (nSPS) is 10.2. The Balaban J connectivity index is 2.45. The van der Waals surface area contributed by atoms with Gasteiger partial charge in [0.2, 0.25) is 0 Å². The lowest BCUT2D eigenvalue weighted by atomic mass is 10.1. The highest BCUT2D eigenvalue weighted by atomic mass is 16.6. The summed E-state index contributed by atoms with van der Waals surface area (Å²) in [5, 5.41) is 41.3. The molecular weight excluding hydrogens is 348 g/mol. The van der Waals surface area contributed by atoms with Gasteiger partial charge < -0.3 is 10.4 Å². The number of amides is 1. The van der Waals surface area contributed by atoms with E-state index in [0.29, 0.717) is 11.1 Å². The third-order valence-corrected chi connectivity index (χ3v) is 3.41. The molecule has 8 heteroatoms. The van der Waals surface area contributed by atoms with Crippen molar-refractivity contribution < 1.29 is 14.8 Å². The van der Waals surface area contributed by atoms with Crippen molar-refractivity contribution in [1.29, 1.82) is 10.5 Å². The molecular formula is C19H12N4O4. The first-order chi connectivity index (χ1) is 13.0. The maximum absolute atomic E-state index is 12.4. The van der Waals surface area contributed by atoms with Gasteiger partial charge in [0.15, 0.2) is 11.3 Å².